The maximum atomic E-state index is 13.0. The van der Waals surface area contributed by atoms with Crippen molar-refractivity contribution >= 4 is 28.5 Å². The molecule has 0 atom stereocenters. The summed E-state index contributed by atoms with van der Waals surface area (Å²) in [5.41, 5.74) is 4.99. The molecular formula is C23H22N2O4S. The lowest BCUT2D eigenvalue weighted by Crippen LogP contribution is -2.38. The van der Waals surface area contributed by atoms with Crippen molar-refractivity contribution in [2.45, 2.75) is 32.7 Å². The van der Waals surface area contributed by atoms with Crippen molar-refractivity contribution in [3.63, 3.8) is 0 Å². The summed E-state index contributed by atoms with van der Waals surface area (Å²) < 4.78 is 5.73. The predicted molar refractivity (Wildman–Crippen MR) is 116 cm³/mol. The van der Waals surface area contributed by atoms with Gasteiger partial charge in [0.1, 0.15) is 11.5 Å². The number of aromatic carboxylic acids is 1. The number of aromatic nitrogens is 1. The first-order valence-corrected chi connectivity index (χ1v) is 10.5. The molecule has 1 aliphatic rings. The van der Waals surface area contributed by atoms with Gasteiger partial charge in [-0.05, 0) is 43.0 Å². The zero-order valence-corrected chi connectivity index (χ0v) is 17.8. The van der Waals surface area contributed by atoms with Crippen LogP contribution in [0.1, 0.15) is 46.3 Å². The molecule has 154 valence electrons. The van der Waals surface area contributed by atoms with Crippen LogP contribution in [-0.2, 0) is 4.74 Å². The monoisotopic (exact) mass is 422 g/mol. The van der Waals surface area contributed by atoms with Gasteiger partial charge in [0.15, 0.2) is 5.13 Å². The van der Waals surface area contributed by atoms with E-state index in [2.05, 4.69) is 29.2 Å². The van der Waals surface area contributed by atoms with Gasteiger partial charge < -0.3 is 9.84 Å². The minimum atomic E-state index is -1.05. The third-order valence-corrected chi connectivity index (χ3v) is 6.38. The van der Waals surface area contributed by atoms with Crippen LogP contribution >= 0.6 is 11.3 Å². The Morgan fingerprint density at radius 1 is 1.10 bits per heavy atom. The number of benzene rings is 2. The lowest BCUT2D eigenvalue weighted by atomic mass is 9.98. The van der Waals surface area contributed by atoms with Crippen LogP contribution in [0.15, 0.2) is 48.5 Å². The Morgan fingerprint density at radius 3 is 2.17 bits per heavy atom. The van der Waals surface area contributed by atoms with Crippen molar-refractivity contribution in [1.29, 1.82) is 0 Å². The zero-order chi connectivity index (χ0) is 21.4. The van der Waals surface area contributed by atoms with Gasteiger partial charge in [-0.3, -0.25) is 4.90 Å². The number of hydrogen-bond acceptors (Lipinski definition) is 5. The lowest BCUT2D eigenvalue weighted by molar-refractivity contribution is 0.0701. The zero-order valence-electron chi connectivity index (χ0n) is 17.0. The lowest BCUT2D eigenvalue weighted by Gasteiger charge is -2.24. The Bertz CT molecular complexity index is 1080. The summed E-state index contributed by atoms with van der Waals surface area (Å²) in [4.78, 5) is 30.2. The van der Waals surface area contributed by atoms with Crippen molar-refractivity contribution in [2.24, 2.45) is 0 Å². The van der Waals surface area contributed by atoms with Gasteiger partial charge in [0.25, 0.3) is 0 Å². The van der Waals surface area contributed by atoms with Crippen LogP contribution in [0.4, 0.5) is 9.93 Å². The van der Waals surface area contributed by atoms with Crippen LogP contribution in [0.5, 0.6) is 0 Å². The van der Waals surface area contributed by atoms with E-state index in [0.29, 0.717) is 10.8 Å². The minimum absolute atomic E-state index is 0.0389. The van der Waals surface area contributed by atoms with E-state index in [1.807, 2.05) is 38.1 Å². The number of carbonyl (C=O) groups is 2. The fraction of sp³-hybridized carbons (Fsp3) is 0.261. The predicted octanol–water partition coefficient (Wildman–Crippen LogP) is 5.31. The average Bonchev–Trinajstić information content (AvgIpc) is 3.24. The van der Waals surface area contributed by atoms with Crippen molar-refractivity contribution in [3.8, 4) is 11.1 Å². The first-order valence-electron chi connectivity index (χ1n) is 9.73. The van der Waals surface area contributed by atoms with Crippen LogP contribution in [-0.4, -0.2) is 34.8 Å². The van der Waals surface area contributed by atoms with E-state index in [4.69, 9.17) is 4.74 Å². The summed E-state index contributed by atoms with van der Waals surface area (Å²) in [6, 6.07) is 16.1. The SMILES string of the molecule is Cc1nc(N(C(=O)OCC2c3ccccc3-c3ccccc32)C(C)C)sc1C(=O)O. The fourth-order valence-electron chi connectivity index (χ4n) is 3.86. The smallest absolute Gasteiger partial charge is 0.416 e. The highest BCUT2D eigenvalue weighted by molar-refractivity contribution is 7.17. The number of ether oxygens (including phenoxy) is 1. The number of hydrogen-bond donors (Lipinski definition) is 1. The Kier molecular flexibility index (Phi) is 5.30. The van der Waals surface area contributed by atoms with Crippen LogP contribution in [0.2, 0.25) is 0 Å². The Labute approximate surface area is 178 Å². The van der Waals surface area contributed by atoms with E-state index < -0.39 is 12.1 Å². The molecule has 3 aromatic rings. The van der Waals surface area contributed by atoms with E-state index in [-0.39, 0.29) is 23.4 Å². The van der Waals surface area contributed by atoms with Gasteiger partial charge in [-0.2, -0.15) is 0 Å². The molecule has 0 saturated heterocycles. The number of thiazole rings is 1. The number of anilines is 1. The molecule has 4 rings (SSSR count). The third-order valence-electron chi connectivity index (χ3n) is 5.23. The number of rotatable bonds is 5. The molecular weight excluding hydrogens is 400 g/mol. The van der Waals surface area contributed by atoms with E-state index in [1.165, 1.54) is 4.90 Å². The highest BCUT2D eigenvalue weighted by Gasteiger charge is 2.31. The van der Waals surface area contributed by atoms with Gasteiger partial charge in [-0.15, -0.1) is 0 Å². The van der Waals surface area contributed by atoms with Crippen LogP contribution in [0, 0.1) is 6.92 Å². The highest BCUT2D eigenvalue weighted by atomic mass is 32.1. The van der Waals surface area contributed by atoms with E-state index in [9.17, 15) is 14.7 Å². The van der Waals surface area contributed by atoms with Gasteiger partial charge in [-0.25, -0.2) is 14.6 Å². The maximum absolute atomic E-state index is 13.0. The number of carboxylic acids is 1. The van der Waals surface area contributed by atoms with Crippen molar-refractivity contribution < 1.29 is 19.4 Å². The minimum Gasteiger partial charge on any atom is -0.477 e. The number of carbonyl (C=O) groups excluding carboxylic acids is 1. The summed E-state index contributed by atoms with van der Waals surface area (Å²) in [7, 11) is 0. The number of carboxylic acid groups (broad SMARTS) is 1. The molecule has 0 spiro atoms. The summed E-state index contributed by atoms with van der Waals surface area (Å²) in [5.74, 6) is -1.09. The highest BCUT2D eigenvalue weighted by Crippen LogP contribution is 2.44. The quantitative estimate of drug-likeness (QED) is 0.602. The van der Waals surface area contributed by atoms with Crippen molar-refractivity contribution in [1.82, 2.24) is 4.98 Å². The third kappa shape index (κ3) is 3.45. The molecule has 0 saturated carbocycles. The molecule has 0 bridgehead atoms. The standard InChI is InChI=1S/C23H22N2O4S/c1-13(2)25(22-24-14(3)20(30-22)21(26)27)23(28)29-12-19-17-10-6-4-8-15(17)16-9-5-7-11-18(16)19/h4-11,13,19H,12H2,1-3H3,(H,26,27). The molecule has 0 fully saturated rings. The number of aryl methyl sites for hydroxylation is 1. The van der Waals surface area contributed by atoms with E-state index in [1.54, 1.807) is 6.92 Å². The molecule has 1 amide bonds. The Balaban J connectivity index is 1.58. The Morgan fingerprint density at radius 2 is 1.67 bits per heavy atom. The van der Waals surface area contributed by atoms with Gasteiger partial charge in [0, 0.05) is 12.0 Å². The Hall–Kier alpha value is -3.19. The summed E-state index contributed by atoms with van der Waals surface area (Å²) in [6.45, 7) is 5.52. The van der Waals surface area contributed by atoms with Gasteiger partial charge in [0.05, 0.1) is 5.69 Å². The average molecular weight is 423 g/mol. The molecule has 6 nitrogen and oxygen atoms in total. The molecule has 30 heavy (non-hydrogen) atoms. The topological polar surface area (TPSA) is 79.7 Å². The molecule has 1 aromatic heterocycles. The number of nitrogens with zero attached hydrogens (tertiary/aromatic N) is 2. The summed E-state index contributed by atoms with van der Waals surface area (Å²) >= 11 is 0.982. The second-order valence-electron chi connectivity index (χ2n) is 7.48. The molecule has 0 unspecified atom stereocenters. The van der Waals surface area contributed by atoms with Gasteiger partial charge >= 0.3 is 12.1 Å². The largest absolute Gasteiger partial charge is 0.477 e. The molecule has 1 aliphatic carbocycles. The second kappa shape index (κ2) is 7.91. The molecule has 1 N–H and O–H groups in total. The normalized spacial score (nSPS) is 12.5. The molecule has 0 aliphatic heterocycles. The van der Waals surface area contributed by atoms with Crippen LogP contribution in [0.3, 0.4) is 0 Å². The van der Waals surface area contributed by atoms with Gasteiger partial charge in [0.2, 0.25) is 0 Å². The first kappa shape index (κ1) is 20.1. The summed E-state index contributed by atoms with van der Waals surface area (Å²) in [5, 5.41) is 9.64. The second-order valence-corrected chi connectivity index (χ2v) is 8.46. The molecule has 0 radical (unpaired) electrons. The van der Waals surface area contributed by atoms with E-state index in [0.717, 1.165) is 33.6 Å². The van der Waals surface area contributed by atoms with Gasteiger partial charge in [-0.1, -0.05) is 59.9 Å². The fourth-order valence-corrected chi connectivity index (χ4v) is 4.89. The molecule has 7 heteroatoms. The number of fused-ring (bicyclic) bond motifs is 3. The first-order chi connectivity index (χ1) is 14.4. The van der Waals surface area contributed by atoms with Crippen LogP contribution in [0.25, 0.3) is 11.1 Å². The van der Waals surface area contributed by atoms with Crippen molar-refractivity contribution in [2.75, 3.05) is 11.5 Å². The maximum Gasteiger partial charge on any atom is 0.416 e. The number of amides is 1. The summed E-state index contributed by atoms with van der Waals surface area (Å²) in [6.07, 6.45) is -0.530. The van der Waals surface area contributed by atoms with Crippen LogP contribution < -0.4 is 4.90 Å². The molecule has 1 heterocycles. The molecule has 2 aromatic carbocycles. The van der Waals surface area contributed by atoms with Crippen molar-refractivity contribution in [3.05, 3.63) is 70.2 Å². The van der Waals surface area contributed by atoms with E-state index >= 15 is 0 Å².